The molecule has 0 aliphatic rings. The summed E-state index contributed by atoms with van der Waals surface area (Å²) in [6.45, 7) is 3.74. The Morgan fingerprint density at radius 2 is 1.19 bits per heavy atom. The van der Waals surface area contributed by atoms with E-state index in [1.54, 1.807) is 0 Å². The maximum absolute atomic E-state index is 12.6. The first-order valence-electron chi connectivity index (χ1n) is 21.1. The van der Waals surface area contributed by atoms with Gasteiger partial charge in [-0.25, -0.2) is 0 Å². The number of ether oxygens (including phenoxy) is 2. The third-order valence-corrected chi connectivity index (χ3v) is 9.14. The molecule has 0 rings (SSSR count). The van der Waals surface area contributed by atoms with Gasteiger partial charge in [0.05, 0.1) is 33.9 Å². The molecule has 2 unspecified atom stereocenters. The van der Waals surface area contributed by atoms with Crippen LogP contribution in [-0.2, 0) is 32.7 Å². The number of carbonyl (C=O) groups excluding carboxylic acids is 2. The third kappa shape index (κ3) is 40.9. The number of carbonyl (C=O) groups is 2. The van der Waals surface area contributed by atoms with Crippen LogP contribution in [0.3, 0.4) is 0 Å². The highest BCUT2D eigenvalue weighted by Crippen LogP contribution is 2.38. The number of phosphoric ester groups is 1. The minimum atomic E-state index is -4.66. The second-order valence-corrected chi connectivity index (χ2v) is 16.2. The molecule has 324 valence electrons. The van der Waals surface area contributed by atoms with Crippen molar-refractivity contribution in [1.82, 2.24) is 0 Å². The number of likely N-dealkylation sites (N-methyl/N-ethyl adjacent to an activating group) is 1. The smallest absolute Gasteiger partial charge is 0.306 e. The minimum absolute atomic E-state index is 0.0563. The van der Waals surface area contributed by atoms with Crippen molar-refractivity contribution in [3.8, 4) is 0 Å². The largest absolute Gasteiger partial charge is 0.756 e. The maximum atomic E-state index is 12.6. The fourth-order valence-corrected chi connectivity index (χ4v) is 5.63. The zero-order valence-electron chi connectivity index (χ0n) is 35.8. The average molecular weight is 818 g/mol. The normalized spacial score (nSPS) is 15.1. The van der Waals surface area contributed by atoms with E-state index in [-0.39, 0.29) is 26.1 Å². The molecule has 0 saturated heterocycles. The van der Waals surface area contributed by atoms with Gasteiger partial charge in [0.25, 0.3) is 7.82 Å². The van der Waals surface area contributed by atoms with Gasteiger partial charge in [0.2, 0.25) is 0 Å². The van der Waals surface area contributed by atoms with Crippen LogP contribution < -0.4 is 4.89 Å². The van der Waals surface area contributed by atoms with E-state index < -0.39 is 38.6 Å². The summed E-state index contributed by atoms with van der Waals surface area (Å²) in [6, 6.07) is 0. The van der Waals surface area contributed by atoms with Gasteiger partial charge in [-0.1, -0.05) is 130 Å². The number of nitrogens with zero attached hydrogens (tertiary/aromatic N) is 1. The van der Waals surface area contributed by atoms with Crippen LogP contribution in [0.4, 0.5) is 0 Å². The van der Waals surface area contributed by atoms with E-state index in [4.69, 9.17) is 18.5 Å². The summed E-state index contributed by atoms with van der Waals surface area (Å²) in [5.41, 5.74) is 0. The van der Waals surface area contributed by atoms with E-state index in [2.05, 4.69) is 55.5 Å². The molecule has 0 saturated carbocycles. The van der Waals surface area contributed by atoms with Gasteiger partial charge < -0.3 is 33.0 Å². The number of allylic oxidation sites excluding steroid dienone is 14. The molecule has 57 heavy (non-hydrogen) atoms. The number of aliphatic hydroxyl groups is 1. The van der Waals surface area contributed by atoms with Gasteiger partial charge in [-0.2, -0.15) is 0 Å². The Bertz CT molecular complexity index is 1310. The molecular weight excluding hydrogens is 741 g/mol. The maximum Gasteiger partial charge on any atom is 0.306 e. The molecule has 0 aromatic carbocycles. The number of rotatable bonds is 36. The molecule has 0 aliphatic heterocycles. The van der Waals surface area contributed by atoms with Crippen molar-refractivity contribution in [3.05, 3.63) is 97.2 Å². The molecule has 0 fully saturated rings. The van der Waals surface area contributed by atoms with Crippen LogP contribution in [0.25, 0.3) is 0 Å². The van der Waals surface area contributed by atoms with Crippen LogP contribution >= 0.6 is 7.82 Å². The zero-order valence-corrected chi connectivity index (χ0v) is 36.7. The topological polar surface area (TPSA) is 131 Å². The molecule has 0 spiro atoms. The highest BCUT2D eigenvalue weighted by molar-refractivity contribution is 7.45. The van der Waals surface area contributed by atoms with Crippen molar-refractivity contribution in [2.45, 2.75) is 135 Å². The predicted octanol–water partition coefficient (Wildman–Crippen LogP) is 10.1. The quantitative estimate of drug-likeness (QED) is 0.0164. The van der Waals surface area contributed by atoms with E-state index in [1.165, 1.54) is 0 Å². The van der Waals surface area contributed by atoms with Gasteiger partial charge in [0.1, 0.15) is 19.8 Å². The van der Waals surface area contributed by atoms with Gasteiger partial charge in [-0.05, 0) is 77.0 Å². The van der Waals surface area contributed by atoms with Gasteiger partial charge in [-0.3, -0.25) is 14.2 Å². The van der Waals surface area contributed by atoms with Crippen molar-refractivity contribution < 1.29 is 47.2 Å². The Morgan fingerprint density at radius 1 is 0.649 bits per heavy atom. The highest BCUT2D eigenvalue weighted by Gasteiger charge is 2.21. The van der Waals surface area contributed by atoms with Crippen LogP contribution in [-0.4, -0.2) is 81.2 Å². The first kappa shape index (κ1) is 53.9. The molecule has 0 aromatic rings. The summed E-state index contributed by atoms with van der Waals surface area (Å²) in [4.78, 5) is 37.5. The van der Waals surface area contributed by atoms with Crippen LogP contribution in [0.1, 0.15) is 123 Å². The number of unbranched alkanes of at least 4 members (excludes halogenated alkanes) is 6. The summed E-state index contributed by atoms with van der Waals surface area (Å²) in [7, 11) is 1.08. The third-order valence-electron chi connectivity index (χ3n) is 8.17. The van der Waals surface area contributed by atoms with Gasteiger partial charge >= 0.3 is 11.9 Å². The van der Waals surface area contributed by atoms with Gasteiger partial charge in [0.15, 0.2) is 6.10 Å². The standard InChI is InChI=1S/C46H76NO9P/c1-6-8-10-11-12-13-14-15-16-17-22-25-28-31-34-38-46(50)56-44(42-55-57(51,52)54-40-39-47(3,4)5)41-53-45(49)37-33-30-27-24-21-19-18-20-23-26-29-32-36-43(48)35-9-7-2/h8-10,12-13,15-16,18-19,23-24,26-27,29,32,35,43-44,48H,6-7,11,14,17,20-22,25,28,30-31,33-34,36-42H2,1-5H3/b10-8-,13-12-,16-15-,19-18-,26-23-,27-24-,32-29+,35-9-/t43?,44-/m1/s1. The van der Waals surface area contributed by atoms with Crippen molar-refractivity contribution in [2.75, 3.05) is 47.5 Å². The lowest BCUT2D eigenvalue weighted by molar-refractivity contribution is -0.870. The number of hydrogen-bond acceptors (Lipinski definition) is 9. The van der Waals surface area contributed by atoms with Crippen LogP contribution in [0, 0.1) is 0 Å². The number of aliphatic hydroxyl groups excluding tert-OH is 1. The van der Waals surface area contributed by atoms with Crippen molar-refractivity contribution >= 4 is 19.8 Å². The lowest BCUT2D eigenvalue weighted by Crippen LogP contribution is -2.37. The summed E-state index contributed by atoms with van der Waals surface area (Å²) in [6.07, 6.45) is 45.0. The molecule has 0 heterocycles. The summed E-state index contributed by atoms with van der Waals surface area (Å²) < 4.78 is 33.7. The first-order valence-corrected chi connectivity index (χ1v) is 22.5. The number of esters is 2. The fraction of sp³-hybridized carbons (Fsp3) is 0.609. The van der Waals surface area contributed by atoms with E-state index in [0.29, 0.717) is 36.7 Å². The summed E-state index contributed by atoms with van der Waals surface area (Å²) in [5.74, 6) is -0.959. The van der Waals surface area contributed by atoms with Crippen LogP contribution in [0.2, 0.25) is 0 Å². The Morgan fingerprint density at radius 3 is 1.84 bits per heavy atom. The predicted molar refractivity (Wildman–Crippen MR) is 232 cm³/mol. The monoisotopic (exact) mass is 818 g/mol. The molecule has 1 N–H and O–H groups in total. The Kier molecular flexibility index (Phi) is 35.2. The summed E-state index contributed by atoms with van der Waals surface area (Å²) >= 11 is 0. The Balaban J connectivity index is 4.56. The van der Waals surface area contributed by atoms with E-state index in [1.807, 2.05) is 76.7 Å². The van der Waals surface area contributed by atoms with Crippen LogP contribution in [0.15, 0.2) is 97.2 Å². The molecule has 0 bridgehead atoms. The van der Waals surface area contributed by atoms with E-state index in [0.717, 1.165) is 70.6 Å². The van der Waals surface area contributed by atoms with Crippen molar-refractivity contribution in [2.24, 2.45) is 0 Å². The first-order chi connectivity index (χ1) is 27.4. The van der Waals surface area contributed by atoms with Crippen LogP contribution in [0.5, 0.6) is 0 Å². The number of phosphoric acid groups is 1. The van der Waals surface area contributed by atoms with Gasteiger partial charge in [0, 0.05) is 12.8 Å². The molecule has 0 aromatic heterocycles. The molecule has 0 radical (unpaired) electrons. The number of hydrogen-bond donors (Lipinski definition) is 1. The second-order valence-electron chi connectivity index (χ2n) is 14.8. The highest BCUT2D eigenvalue weighted by atomic mass is 31.2. The molecule has 10 nitrogen and oxygen atoms in total. The fourth-order valence-electron chi connectivity index (χ4n) is 4.90. The molecule has 0 aliphatic carbocycles. The summed E-state index contributed by atoms with van der Waals surface area (Å²) in [5, 5.41) is 9.76. The van der Waals surface area contributed by atoms with E-state index in [9.17, 15) is 24.2 Å². The SMILES string of the molecule is CC/C=C\C/C=C\C/C=C\CCCCCCCC(=O)O[C@H](COC(=O)CCC/C=C\C/C=C\C/C=C\C=C\CC(O)/C=C\CC)COP(=O)([O-])OCC[N+](C)(C)C. The second kappa shape index (κ2) is 37.2. The Hall–Kier alpha value is -3.11. The lowest BCUT2D eigenvalue weighted by Gasteiger charge is -2.28. The van der Waals surface area contributed by atoms with E-state index >= 15 is 0 Å². The molecule has 11 heteroatoms. The average Bonchev–Trinajstić information content (AvgIpc) is 3.16. The molecule has 0 amide bonds. The van der Waals surface area contributed by atoms with Gasteiger partial charge in [-0.15, -0.1) is 0 Å². The Labute approximate surface area is 346 Å². The zero-order chi connectivity index (χ0) is 42.3. The van der Waals surface area contributed by atoms with Crippen molar-refractivity contribution in [1.29, 1.82) is 0 Å². The molecule has 3 atom stereocenters. The lowest BCUT2D eigenvalue weighted by atomic mass is 10.1. The van der Waals surface area contributed by atoms with Crippen molar-refractivity contribution in [3.63, 3.8) is 0 Å². The minimum Gasteiger partial charge on any atom is -0.756 e. The number of quaternary nitrogens is 1. The molecular formula is C46H76NO9P.